The van der Waals surface area contributed by atoms with E-state index in [0.717, 1.165) is 10.6 Å². The number of methoxy groups -OCH3 is 1. The third kappa shape index (κ3) is 4.77. The third-order valence-corrected chi connectivity index (χ3v) is 4.90. The van der Waals surface area contributed by atoms with Crippen molar-refractivity contribution < 1.29 is 14.3 Å². The predicted octanol–water partition coefficient (Wildman–Crippen LogP) is 3.39. The minimum atomic E-state index is -0.157. The number of nitrogens with zero attached hydrogens (tertiary/aromatic N) is 2. The van der Waals surface area contributed by atoms with Gasteiger partial charge in [0.2, 0.25) is 11.7 Å². The highest BCUT2D eigenvalue weighted by molar-refractivity contribution is 8.00. The molecule has 3 rings (SSSR count). The van der Waals surface area contributed by atoms with Gasteiger partial charge in [0.05, 0.1) is 12.9 Å². The number of carbonyl (C=O) groups is 2. The molecule has 0 aliphatic heterocycles. The summed E-state index contributed by atoms with van der Waals surface area (Å²) in [5.74, 6) is 1.18. The zero-order chi connectivity index (χ0) is 19.2. The SMILES string of the molecule is COc1ccc(SCC(=O)Nc2ccc(C(=O)c3nccn3C)cc2)cc1. The molecule has 1 aromatic heterocycles. The molecule has 0 bridgehead atoms. The maximum absolute atomic E-state index is 12.4. The number of ether oxygens (including phenoxy) is 1. The maximum Gasteiger partial charge on any atom is 0.234 e. The molecule has 0 aliphatic rings. The fourth-order valence-corrected chi connectivity index (χ4v) is 3.13. The number of anilines is 1. The van der Waals surface area contributed by atoms with Crippen molar-refractivity contribution >= 4 is 29.1 Å². The van der Waals surface area contributed by atoms with E-state index in [9.17, 15) is 9.59 Å². The average Bonchev–Trinajstić information content (AvgIpc) is 3.12. The van der Waals surface area contributed by atoms with Crippen LogP contribution in [-0.2, 0) is 11.8 Å². The predicted molar refractivity (Wildman–Crippen MR) is 105 cm³/mol. The molecular weight excluding hydrogens is 362 g/mol. The minimum Gasteiger partial charge on any atom is -0.497 e. The third-order valence-electron chi connectivity index (χ3n) is 3.88. The van der Waals surface area contributed by atoms with Crippen molar-refractivity contribution in [3.8, 4) is 5.75 Å². The summed E-state index contributed by atoms with van der Waals surface area (Å²) >= 11 is 1.44. The molecule has 138 valence electrons. The van der Waals surface area contributed by atoms with Crippen LogP contribution in [0.15, 0.2) is 65.8 Å². The molecule has 7 heteroatoms. The second kappa shape index (κ2) is 8.55. The monoisotopic (exact) mass is 381 g/mol. The van der Waals surface area contributed by atoms with Crippen molar-refractivity contribution in [3.63, 3.8) is 0 Å². The van der Waals surface area contributed by atoms with Gasteiger partial charge in [-0.1, -0.05) is 0 Å². The first-order valence-electron chi connectivity index (χ1n) is 8.25. The van der Waals surface area contributed by atoms with Crippen LogP contribution in [-0.4, -0.2) is 34.1 Å². The Labute approximate surface area is 161 Å². The largest absolute Gasteiger partial charge is 0.497 e. The van der Waals surface area contributed by atoms with Crippen LogP contribution in [0.4, 0.5) is 5.69 Å². The van der Waals surface area contributed by atoms with Gasteiger partial charge in [-0.2, -0.15) is 0 Å². The van der Waals surface area contributed by atoms with E-state index in [1.165, 1.54) is 11.8 Å². The average molecular weight is 381 g/mol. The second-order valence-corrected chi connectivity index (χ2v) is 6.83. The highest BCUT2D eigenvalue weighted by Gasteiger charge is 2.13. The lowest BCUT2D eigenvalue weighted by Gasteiger charge is -2.07. The second-order valence-electron chi connectivity index (χ2n) is 5.78. The summed E-state index contributed by atoms with van der Waals surface area (Å²) in [4.78, 5) is 29.6. The van der Waals surface area contributed by atoms with Crippen molar-refractivity contribution in [3.05, 3.63) is 72.3 Å². The molecule has 0 spiro atoms. The van der Waals surface area contributed by atoms with E-state index in [0.29, 0.717) is 22.8 Å². The van der Waals surface area contributed by atoms with Gasteiger partial charge >= 0.3 is 0 Å². The van der Waals surface area contributed by atoms with Crippen molar-refractivity contribution in [1.82, 2.24) is 9.55 Å². The molecule has 1 amide bonds. The summed E-state index contributed by atoms with van der Waals surface area (Å²) in [5.41, 5.74) is 1.17. The van der Waals surface area contributed by atoms with Gasteiger partial charge in [-0.05, 0) is 48.5 Å². The Morgan fingerprint density at radius 1 is 1.11 bits per heavy atom. The molecule has 0 saturated heterocycles. The summed E-state index contributed by atoms with van der Waals surface area (Å²) in [7, 11) is 3.39. The lowest BCUT2D eigenvalue weighted by molar-refractivity contribution is -0.113. The smallest absolute Gasteiger partial charge is 0.234 e. The molecule has 27 heavy (non-hydrogen) atoms. The summed E-state index contributed by atoms with van der Waals surface area (Å²) in [6, 6.07) is 14.3. The molecular formula is C20H19N3O3S. The van der Waals surface area contributed by atoms with E-state index >= 15 is 0 Å². The van der Waals surface area contributed by atoms with Crippen LogP contribution < -0.4 is 10.1 Å². The number of hydrogen-bond acceptors (Lipinski definition) is 5. The van der Waals surface area contributed by atoms with Crippen molar-refractivity contribution in [2.75, 3.05) is 18.2 Å². The first-order chi connectivity index (χ1) is 13.1. The number of hydrogen-bond donors (Lipinski definition) is 1. The summed E-state index contributed by atoms with van der Waals surface area (Å²) in [5, 5.41) is 2.83. The van der Waals surface area contributed by atoms with Gasteiger partial charge in [0.1, 0.15) is 5.75 Å². The number of benzene rings is 2. The molecule has 6 nitrogen and oxygen atoms in total. The van der Waals surface area contributed by atoms with Crippen LogP contribution in [0.5, 0.6) is 5.75 Å². The van der Waals surface area contributed by atoms with E-state index in [-0.39, 0.29) is 11.7 Å². The van der Waals surface area contributed by atoms with Crippen LogP contribution in [0, 0.1) is 0 Å². The summed E-state index contributed by atoms with van der Waals surface area (Å²) < 4.78 is 6.79. The molecule has 0 fully saturated rings. The highest BCUT2D eigenvalue weighted by Crippen LogP contribution is 2.21. The fraction of sp³-hybridized carbons (Fsp3) is 0.150. The number of ketones is 1. The topological polar surface area (TPSA) is 73.2 Å². The van der Waals surface area contributed by atoms with E-state index in [4.69, 9.17) is 4.74 Å². The quantitative estimate of drug-likeness (QED) is 0.502. The van der Waals surface area contributed by atoms with E-state index in [1.54, 1.807) is 55.4 Å². The van der Waals surface area contributed by atoms with Crippen LogP contribution >= 0.6 is 11.8 Å². The molecule has 3 aromatic rings. The van der Waals surface area contributed by atoms with Crippen LogP contribution in [0.25, 0.3) is 0 Å². The van der Waals surface area contributed by atoms with Crippen molar-refractivity contribution in [1.29, 1.82) is 0 Å². The lowest BCUT2D eigenvalue weighted by Crippen LogP contribution is -2.14. The lowest BCUT2D eigenvalue weighted by atomic mass is 10.1. The first-order valence-corrected chi connectivity index (χ1v) is 9.24. The van der Waals surface area contributed by atoms with Crippen molar-refractivity contribution in [2.24, 2.45) is 7.05 Å². The number of nitrogens with one attached hydrogen (secondary N) is 1. The van der Waals surface area contributed by atoms with Gasteiger partial charge in [-0.3, -0.25) is 9.59 Å². The Kier molecular flexibility index (Phi) is 5.93. The first kappa shape index (κ1) is 18.7. The zero-order valence-corrected chi connectivity index (χ0v) is 15.8. The van der Waals surface area contributed by atoms with Crippen molar-refractivity contribution in [2.45, 2.75) is 4.90 Å². The van der Waals surface area contributed by atoms with Gasteiger partial charge in [0, 0.05) is 35.6 Å². The van der Waals surface area contributed by atoms with Gasteiger partial charge < -0.3 is 14.6 Å². The van der Waals surface area contributed by atoms with Gasteiger partial charge in [-0.25, -0.2) is 4.98 Å². The van der Waals surface area contributed by atoms with Gasteiger partial charge in [0.15, 0.2) is 5.82 Å². The molecule has 2 aromatic carbocycles. The van der Waals surface area contributed by atoms with Crippen LogP contribution in [0.3, 0.4) is 0 Å². The van der Waals surface area contributed by atoms with Crippen LogP contribution in [0.1, 0.15) is 16.2 Å². The number of carbonyl (C=O) groups excluding carboxylic acids is 2. The Hall–Kier alpha value is -3.06. The Bertz CT molecular complexity index is 934. The normalized spacial score (nSPS) is 10.4. The molecule has 1 N–H and O–H groups in total. The highest BCUT2D eigenvalue weighted by atomic mass is 32.2. The molecule has 0 aliphatic carbocycles. The number of rotatable bonds is 7. The number of thioether (sulfide) groups is 1. The maximum atomic E-state index is 12.4. The summed E-state index contributed by atoms with van der Waals surface area (Å²) in [6.45, 7) is 0. The molecule has 1 heterocycles. The zero-order valence-electron chi connectivity index (χ0n) is 15.0. The number of aryl methyl sites for hydroxylation is 1. The molecule has 0 atom stereocenters. The van der Waals surface area contributed by atoms with E-state index < -0.39 is 0 Å². The number of imidazole rings is 1. The molecule has 0 saturated carbocycles. The van der Waals surface area contributed by atoms with Gasteiger partial charge in [-0.15, -0.1) is 11.8 Å². The Balaban J connectivity index is 1.55. The Morgan fingerprint density at radius 3 is 2.41 bits per heavy atom. The van der Waals surface area contributed by atoms with E-state index in [1.807, 2.05) is 24.3 Å². The molecule has 0 radical (unpaired) electrons. The Morgan fingerprint density at radius 2 is 1.81 bits per heavy atom. The summed E-state index contributed by atoms with van der Waals surface area (Å²) in [6.07, 6.45) is 3.31. The van der Waals surface area contributed by atoms with Crippen LogP contribution in [0.2, 0.25) is 0 Å². The minimum absolute atomic E-state index is 0.112. The van der Waals surface area contributed by atoms with Gasteiger partial charge in [0.25, 0.3) is 0 Å². The number of aromatic nitrogens is 2. The molecule has 0 unspecified atom stereocenters. The standard InChI is InChI=1S/C20H19N3O3S/c1-23-12-11-21-20(23)19(25)14-3-5-15(6-4-14)22-18(24)13-27-17-9-7-16(26-2)8-10-17/h3-12H,13H2,1-2H3,(H,22,24). The number of amides is 1. The fourth-order valence-electron chi connectivity index (χ4n) is 2.44. The van der Waals surface area contributed by atoms with E-state index in [2.05, 4.69) is 10.3 Å².